The number of pyridine rings is 1. The van der Waals surface area contributed by atoms with Gasteiger partial charge in [-0.15, -0.1) is 0 Å². The Labute approximate surface area is 174 Å². The summed E-state index contributed by atoms with van der Waals surface area (Å²) in [5, 5.41) is 3.35. The third-order valence-electron chi connectivity index (χ3n) is 4.77. The number of aromatic nitrogens is 1. The Morgan fingerprint density at radius 2 is 2.03 bits per heavy atom. The van der Waals surface area contributed by atoms with Gasteiger partial charge >= 0.3 is 0 Å². The highest BCUT2D eigenvalue weighted by molar-refractivity contribution is 5.79. The van der Waals surface area contributed by atoms with Crippen molar-refractivity contribution in [2.45, 2.75) is 32.9 Å². The summed E-state index contributed by atoms with van der Waals surface area (Å²) in [5.74, 6) is 2.54. The molecule has 1 aliphatic rings. The van der Waals surface area contributed by atoms with Gasteiger partial charge < -0.3 is 19.7 Å². The number of guanidine groups is 1. The SMILES string of the molecule is CCNC(=NCc1ccc(OCc2ccccn2)cc1)N(C)CCOCC1CC1. The molecule has 6 heteroatoms. The molecule has 0 radical (unpaired) electrons. The molecule has 6 nitrogen and oxygen atoms in total. The first kappa shape index (κ1) is 21.1. The number of hydrogen-bond acceptors (Lipinski definition) is 4. The Kier molecular flexibility index (Phi) is 8.31. The van der Waals surface area contributed by atoms with Crippen LogP contribution < -0.4 is 10.1 Å². The number of nitrogens with one attached hydrogen (secondary N) is 1. The minimum Gasteiger partial charge on any atom is -0.487 e. The zero-order chi connectivity index (χ0) is 20.3. The Morgan fingerprint density at radius 1 is 1.21 bits per heavy atom. The van der Waals surface area contributed by atoms with Crippen LogP contribution in [-0.4, -0.2) is 49.2 Å². The van der Waals surface area contributed by atoms with Gasteiger partial charge in [0.25, 0.3) is 0 Å². The summed E-state index contributed by atoms with van der Waals surface area (Å²) >= 11 is 0. The van der Waals surface area contributed by atoms with Gasteiger partial charge in [-0.1, -0.05) is 18.2 Å². The van der Waals surface area contributed by atoms with Crippen LogP contribution in [0, 0.1) is 5.92 Å². The van der Waals surface area contributed by atoms with E-state index in [1.165, 1.54) is 12.8 Å². The molecule has 0 spiro atoms. The molecule has 0 saturated heterocycles. The maximum absolute atomic E-state index is 5.79. The van der Waals surface area contributed by atoms with E-state index in [1.54, 1.807) is 6.20 Å². The number of aliphatic imine (C=N–C) groups is 1. The van der Waals surface area contributed by atoms with Crippen molar-refractivity contribution in [3.05, 3.63) is 59.9 Å². The molecule has 1 N–H and O–H groups in total. The van der Waals surface area contributed by atoms with Gasteiger partial charge in [-0.25, -0.2) is 4.99 Å². The summed E-state index contributed by atoms with van der Waals surface area (Å²) in [5.41, 5.74) is 2.06. The van der Waals surface area contributed by atoms with Crippen LogP contribution in [0.25, 0.3) is 0 Å². The first-order valence-corrected chi connectivity index (χ1v) is 10.4. The minimum atomic E-state index is 0.469. The van der Waals surface area contributed by atoms with E-state index in [1.807, 2.05) is 30.3 Å². The first-order valence-electron chi connectivity index (χ1n) is 10.4. The largest absolute Gasteiger partial charge is 0.487 e. The van der Waals surface area contributed by atoms with E-state index in [0.29, 0.717) is 13.2 Å². The van der Waals surface area contributed by atoms with Crippen molar-refractivity contribution in [1.82, 2.24) is 15.2 Å². The second kappa shape index (κ2) is 11.4. The maximum atomic E-state index is 5.79. The minimum absolute atomic E-state index is 0.469. The van der Waals surface area contributed by atoms with Crippen molar-refractivity contribution in [2.75, 3.05) is 33.4 Å². The number of ether oxygens (including phenoxy) is 2. The van der Waals surface area contributed by atoms with Crippen LogP contribution in [0.15, 0.2) is 53.7 Å². The molecule has 1 heterocycles. The van der Waals surface area contributed by atoms with Crippen LogP contribution in [0.1, 0.15) is 31.0 Å². The Morgan fingerprint density at radius 3 is 2.72 bits per heavy atom. The van der Waals surface area contributed by atoms with E-state index in [-0.39, 0.29) is 0 Å². The number of likely N-dealkylation sites (N-methyl/N-ethyl adjacent to an activating group) is 1. The smallest absolute Gasteiger partial charge is 0.194 e. The lowest BCUT2D eigenvalue weighted by molar-refractivity contribution is 0.115. The summed E-state index contributed by atoms with van der Waals surface area (Å²) in [6.07, 6.45) is 4.43. The summed E-state index contributed by atoms with van der Waals surface area (Å²) < 4.78 is 11.5. The van der Waals surface area contributed by atoms with Gasteiger partial charge in [-0.2, -0.15) is 0 Å². The van der Waals surface area contributed by atoms with Crippen molar-refractivity contribution in [2.24, 2.45) is 10.9 Å². The van der Waals surface area contributed by atoms with E-state index < -0.39 is 0 Å². The molecule has 0 unspecified atom stereocenters. The van der Waals surface area contributed by atoms with Crippen molar-refractivity contribution in [3.63, 3.8) is 0 Å². The standard InChI is InChI=1S/C23H32N4O2/c1-3-24-23(27(2)14-15-28-17-20-7-8-20)26-16-19-9-11-22(12-10-19)29-18-21-6-4-5-13-25-21/h4-6,9-13,20H,3,7-8,14-18H2,1-2H3,(H,24,26). The number of benzene rings is 1. The lowest BCUT2D eigenvalue weighted by atomic mass is 10.2. The van der Waals surface area contributed by atoms with E-state index >= 15 is 0 Å². The van der Waals surface area contributed by atoms with E-state index in [0.717, 1.165) is 55.2 Å². The third kappa shape index (κ3) is 7.74. The summed E-state index contributed by atoms with van der Waals surface area (Å²) in [6.45, 7) is 6.48. The highest BCUT2D eigenvalue weighted by atomic mass is 16.5. The zero-order valence-electron chi connectivity index (χ0n) is 17.5. The topological polar surface area (TPSA) is 59.0 Å². The van der Waals surface area contributed by atoms with Gasteiger partial charge in [-0.3, -0.25) is 4.98 Å². The first-order chi connectivity index (χ1) is 14.2. The molecule has 1 saturated carbocycles. The Hall–Kier alpha value is -2.60. The molecule has 1 aliphatic carbocycles. The average Bonchev–Trinajstić information content (AvgIpc) is 3.58. The highest BCUT2D eigenvalue weighted by Gasteiger charge is 2.21. The number of nitrogens with zero attached hydrogens (tertiary/aromatic N) is 3. The van der Waals surface area contributed by atoms with Crippen molar-refractivity contribution in [3.8, 4) is 5.75 Å². The molecule has 1 fully saturated rings. The fraction of sp³-hybridized carbons (Fsp3) is 0.478. The molecule has 1 aromatic heterocycles. The molecule has 0 amide bonds. The van der Waals surface area contributed by atoms with E-state index in [4.69, 9.17) is 14.5 Å². The zero-order valence-corrected chi connectivity index (χ0v) is 17.5. The highest BCUT2D eigenvalue weighted by Crippen LogP contribution is 2.28. The molecule has 29 heavy (non-hydrogen) atoms. The molecule has 0 aliphatic heterocycles. The summed E-state index contributed by atoms with van der Waals surface area (Å²) in [6, 6.07) is 13.9. The quantitative estimate of drug-likeness (QED) is 0.358. The fourth-order valence-electron chi connectivity index (χ4n) is 2.81. The van der Waals surface area contributed by atoms with Crippen LogP contribution in [0.2, 0.25) is 0 Å². The lowest BCUT2D eigenvalue weighted by Gasteiger charge is -2.22. The average molecular weight is 397 g/mol. The predicted octanol–water partition coefficient (Wildman–Crippen LogP) is 3.48. The van der Waals surface area contributed by atoms with Crippen LogP contribution in [0.4, 0.5) is 0 Å². The van der Waals surface area contributed by atoms with Gasteiger partial charge in [0.15, 0.2) is 5.96 Å². The monoisotopic (exact) mass is 396 g/mol. The van der Waals surface area contributed by atoms with Gasteiger partial charge in [0.2, 0.25) is 0 Å². The molecular weight excluding hydrogens is 364 g/mol. The Balaban J connectivity index is 1.46. The summed E-state index contributed by atoms with van der Waals surface area (Å²) in [4.78, 5) is 11.2. The van der Waals surface area contributed by atoms with Crippen LogP contribution >= 0.6 is 0 Å². The second-order valence-corrected chi connectivity index (χ2v) is 7.36. The van der Waals surface area contributed by atoms with Gasteiger partial charge in [-0.05, 0) is 55.5 Å². The van der Waals surface area contributed by atoms with Gasteiger partial charge in [0, 0.05) is 32.9 Å². The Bertz CT molecular complexity index is 745. The normalized spacial score (nSPS) is 13.9. The summed E-state index contributed by atoms with van der Waals surface area (Å²) in [7, 11) is 2.05. The van der Waals surface area contributed by atoms with Crippen LogP contribution in [0.5, 0.6) is 5.75 Å². The van der Waals surface area contributed by atoms with Crippen molar-refractivity contribution >= 4 is 5.96 Å². The van der Waals surface area contributed by atoms with Crippen LogP contribution in [0.3, 0.4) is 0 Å². The molecule has 2 aromatic rings. The lowest BCUT2D eigenvalue weighted by Crippen LogP contribution is -2.40. The molecule has 0 atom stereocenters. The van der Waals surface area contributed by atoms with E-state index in [9.17, 15) is 0 Å². The maximum Gasteiger partial charge on any atom is 0.194 e. The van der Waals surface area contributed by atoms with Crippen LogP contribution in [-0.2, 0) is 17.9 Å². The number of rotatable bonds is 11. The molecular formula is C23H32N4O2. The second-order valence-electron chi connectivity index (χ2n) is 7.36. The van der Waals surface area contributed by atoms with Crippen molar-refractivity contribution < 1.29 is 9.47 Å². The number of hydrogen-bond donors (Lipinski definition) is 1. The van der Waals surface area contributed by atoms with E-state index in [2.05, 4.69) is 41.3 Å². The van der Waals surface area contributed by atoms with Gasteiger partial charge in [0.05, 0.1) is 18.8 Å². The molecule has 3 rings (SSSR count). The molecule has 1 aromatic carbocycles. The van der Waals surface area contributed by atoms with Crippen molar-refractivity contribution in [1.29, 1.82) is 0 Å². The molecule has 156 valence electrons. The van der Waals surface area contributed by atoms with Gasteiger partial charge in [0.1, 0.15) is 12.4 Å². The predicted molar refractivity (Wildman–Crippen MR) is 116 cm³/mol. The fourth-order valence-corrected chi connectivity index (χ4v) is 2.81. The molecule has 0 bridgehead atoms. The third-order valence-corrected chi connectivity index (χ3v) is 4.77.